The van der Waals surface area contributed by atoms with Crippen molar-refractivity contribution in [1.29, 1.82) is 0 Å². The summed E-state index contributed by atoms with van der Waals surface area (Å²) in [5, 5.41) is 5.44. The van der Waals surface area contributed by atoms with E-state index in [0.717, 1.165) is 17.1 Å². The van der Waals surface area contributed by atoms with E-state index < -0.39 is 0 Å². The lowest BCUT2D eigenvalue weighted by Gasteiger charge is -2.26. The third kappa shape index (κ3) is 6.00. The summed E-state index contributed by atoms with van der Waals surface area (Å²) in [6.45, 7) is 0. The number of rotatable bonds is 7. The van der Waals surface area contributed by atoms with Crippen LogP contribution in [0.2, 0.25) is 0 Å². The number of hydrogen-bond donors (Lipinski definition) is 0. The van der Waals surface area contributed by atoms with E-state index in [9.17, 15) is 0 Å². The second-order valence-electron chi connectivity index (χ2n) is 14.5. The van der Waals surface area contributed by atoms with E-state index in [0.29, 0.717) is 0 Å². The molecular formula is C54H35NS2. The first-order valence-electron chi connectivity index (χ1n) is 19.3. The van der Waals surface area contributed by atoms with Crippen LogP contribution in [-0.4, -0.2) is 0 Å². The van der Waals surface area contributed by atoms with Crippen molar-refractivity contribution < 1.29 is 0 Å². The van der Waals surface area contributed by atoms with Crippen LogP contribution in [0.4, 0.5) is 17.1 Å². The zero-order chi connectivity index (χ0) is 37.7. The van der Waals surface area contributed by atoms with Gasteiger partial charge in [0.2, 0.25) is 0 Å². The van der Waals surface area contributed by atoms with Gasteiger partial charge in [-0.15, -0.1) is 22.7 Å². The number of nitrogens with zero attached hydrogens (tertiary/aromatic N) is 1. The zero-order valence-electron chi connectivity index (χ0n) is 31.0. The minimum Gasteiger partial charge on any atom is -0.311 e. The first-order chi connectivity index (χ1) is 28.2. The number of benzene rings is 9. The summed E-state index contributed by atoms with van der Waals surface area (Å²) in [6.07, 6.45) is 0. The van der Waals surface area contributed by atoms with Gasteiger partial charge in [-0.1, -0.05) is 158 Å². The highest BCUT2D eigenvalue weighted by Gasteiger charge is 2.17. The second kappa shape index (κ2) is 14.1. The van der Waals surface area contributed by atoms with Gasteiger partial charge in [-0.25, -0.2) is 0 Å². The Labute approximate surface area is 340 Å². The molecule has 1 nitrogen and oxygen atoms in total. The van der Waals surface area contributed by atoms with Gasteiger partial charge in [0.25, 0.3) is 0 Å². The lowest BCUT2D eigenvalue weighted by Crippen LogP contribution is -2.09. The maximum atomic E-state index is 2.34. The number of thiophene rings is 2. The molecule has 0 bridgehead atoms. The molecule has 0 atom stereocenters. The summed E-state index contributed by atoms with van der Waals surface area (Å²) in [6, 6.07) is 77.2. The van der Waals surface area contributed by atoms with Crippen molar-refractivity contribution in [2.24, 2.45) is 0 Å². The molecule has 11 rings (SSSR count). The molecule has 9 aromatic carbocycles. The molecule has 0 aliphatic heterocycles. The predicted molar refractivity (Wildman–Crippen MR) is 249 cm³/mol. The predicted octanol–water partition coefficient (Wildman–Crippen LogP) is 16.6. The fourth-order valence-corrected chi connectivity index (χ4v) is 10.7. The minimum absolute atomic E-state index is 1.11. The Balaban J connectivity index is 0.939. The molecule has 0 saturated carbocycles. The Morgan fingerprint density at radius 1 is 0.263 bits per heavy atom. The maximum absolute atomic E-state index is 2.34. The van der Waals surface area contributed by atoms with Crippen molar-refractivity contribution in [2.75, 3.05) is 4.90 Å². The first-order valence-corrected chi connectivity index (χ1v) is 21.0. The number of hydrogen-bond acceptors (Lipinski definition) is 3. The van der Waals surface area contributed by atoms with E-state index in [1.165, 1.54) is 84.9 Å². The van der Waals surface area contributed by atoms with Crippen molar-refractivity contribution in [3.8, 4) is 44.5 Å². The highest BCUT2D eigenvalue weighted by molar-refractivity contribution is 7.29. The molecule has 0 spiro atoms. The summed E-state index contributed by atoms with van der Waals surface area (Å²) in [4.78, 5) is 2.34. The van der Waals surface area contributed by atoms with Crippen LogP contribution in [-0.2, 0) is 0 Å². The first kappa shape index (κ1) is 33.5. The van der Waals surface area contributed by atoms with Gasteiger partial charge < -0.3 is 4.90 Å². The average Bonchev–Trinajstić information content (AvgIpc) is 3.87. The standard InChI is InChI=1S/C54H35NS2/c1-3-10-36(11-4-1)39-22-28-43(29-23-39)55(44-30-24-40(25-31-44)37-12-5-2-6-13-37)45-32-26-41(27-33-45)38-18-20-42(21-19-38)46-15-9-17-50-52(46)53-51(56-50)35-34-48-47-14-7-8-16-49(47)57-54(48)53/h1-35H. The summed E-state index contributed by atoms with van der Waals surface area (Å²) in [5.41, 5.74) is 13.1. The van der Waals surface area contributed by atoms with Crippen LogP contribution in [0.3, 0.4) is 0 Å². The molecule has 0 saturated heterocycles. The van der Waals surface area contributed by atoms with Crippen molar-refractivity contribution >= 4 is 80.1 Å². The molecule has 11 aromatic rings. The number of fused-ring (bicyclic) bond motifs is 7. The topological polar surface area (TPSA) is 3.24 Å². The van der Waals surface area contributed by atoms with E-state index in [1.807, 2.05) is 22.7 Å². The second-order valence-corrected chi connectivity index (χ2v) is 16.6. The van der Waals surface area contributed by atoms with E-state index in [-0.39, 0.29) is 0 Å². The molecule has 0 aliphatic rings. The van der Waals surface area contributed by atoms with Gasteiger partial charge in [-0.2, -0.15) is 0 Å². The summed E-state index contributed by atoms with van der Waals surface area (Å²) >= 11 is 3.81. The van der Waals surface area contributed by atoms with Crippen LogP contribution >= 0.6 is 22.7 Å². The summed E-state index contributed by atoms with van der Waals surface area (Å²) < 4.78 is 5.41. The third-order valence-corrected chi connectivity index (χ3v) is 13.4. The molecular weight excluding hydrogens is 727 g/mol. The van der Waals surface area contributed by atoms with Gasteiger partial charge in [0.1, 0.15) is 0 Å². The maximum Gasteiger partial charge on any atom is 0.0462 e. The SMILES string of the molecule is c1ccc(-c2ccc(N(c3ccc(-c4ccccc4)cc3)c3ccc(-c4ccc(-c5cccc6sc7ccc8c9ccccc9sc8c7c56)cc4)cc3)cc2)cc1. The molecule has 0 fully saturated rings. The lowest BCUT2D eigenvalue weighted by atomic mass is 9.96. The molecule has 0 N–H and O–H groups in total. The van der Waals surface area contributed by atoms with E-state index in [1.54, 1.807) is 0 Å². The fourth-order valence-electron chi connectivity index (χ4n) is 8.29. The van der Waals surface area contributed by atoms with E-state index >= 15 is 0 Å². The van der Waals surface area contributed by atoms with Crippen molar-refractivity contribution in [2.45, 2.75) is 0 Å². The van der Waals surface area contributed by atoms with Crippen LogP contribution in [0.15, 0.2) is 212 Å². The quantitative estimate of drug-likeness (QED) is 0.156. The zero-order valence-corrected chi connectivity index (χ0v) is 32.6. The van der Waals surface area contributed by atoms with Crippen molar-refractivity contribution in [3.63, 3.8) is 0 Å². The molecule has 0 unspecified atom stereocenters. The molecule has 0 amide bonds. The molecule has 0 aliphatic carbocycles. The smallest absolute Gasteiger partial charge is 0.0462 e. The van der Waals surface area contributed by atoms with Crippen molar-refractivity contribution in [3.05, 3.63) is 212 Å². The van der Waals surface area contributed by atoms with Gasteiger partial charge in [-0.05, 0) is 99.1 Å². The molecule has 2 aromatic heterocycles. The van der Waals surface area contributed by atoms with Crippen LogP contribution < -0.4 is 4.90 Å². The summed E-state index contributed by atoms with van der Waals surface area (Å²) in [5.74, 6) is 0. The third-order valence-electron chi connectivity index (χ3n) is 11.1. The lowest BCUT2D eigenvalue weighted by molar-refractivity contribution is 1.28. The van der Waals surface area contributed by atoms with E-state index in [4.69, 9.17) is 0 Å². The van der Waals surface area contributed by atoms with Gasteiger partial charge in [0, 0.05) is 57.4 Å². The number of anilines is 3. The summed E-state index contributed by atoms with van der Waals surface area (Å²) in [7, 11) is 0. The average molecular weight is 762 g/mol. The molecule has 3 heteroatoms. The molecule has 268 valence electrons. The molecule has 2 heterocycles. The van der Waals surface area contributed by atoms with Crippen LogP contribution in [0.25, 0.3) is 84.9 Å². The Morgan fingerprint density at radius 2 is 0.702 bits per heavy atom. The van der Waals surface area contributed by atoms with Gasteiger partial charge in [-0.3, -0.25) is 0 Å². The highest BCUT2D eigenvalue weighted by atomic mass is 32.1. The normalized spacial score (nSPS) is 11.5. The largest absolute Gasteiger partial charge is 0.311 e. The fraction of sp³-hybridized carbons (Fsp3) is 0. The monoisotopic (exact) mass is 761 g/mol. The van der Waals surface area contributed by atoms with Crippen LogP contribution in [0.5, 0.6) is 0 Å². The van der Waals surface area contributed by atoms with Gasteiger partial charge in [0.05, 0.1) is 0 Å². The van der Waals surface area contributed by atoms with Crippen LogP contribution in [0.1, 0.15) is 0 Å². The Kier molecular flexibility index (Phi) is 8.28. The molecule has 0 radical (unpaired) electrons. The van der Waals surface area contributed by atoms with Crippen LogP contribution in [0, 0.1) is 0 Å². The van der Waals surface area contributed by atoms with Gasteiger partial charge in [0.15, 0.2) is 0 Å². The minimum atomic E-state index is 1.11. The highest BCUT2D eigenvalue weighted by Crippen LogP contribution is 2.47. The van der Waals surface area contributed by atoms with E-state index in [2.05, 4.69) is 217 Å². The van der Waals surface area contributed by atoms with Gasteiger partial charge >= 0.3 is 0 Å². The molecule has 57 heavy (non-hydrogen) atoms. The van der Waals surface area contributed by atoms with Crippen molar-refractivity contribution in [1.82, 2.24) is 0 Å². The Bertz CT molecular complexity index is 3100. The Hall–Kier alpha value is -6.78. The Morgan fingerprint density at radius 3 is 1.26 bits per heavy atom.